The first-order chi connectivity index (χ1) is 9.38. The SMILES string of the molecule is CC(N)c1csc(NC(=O)c2c(F)cc(F)cc2F)n1. The van der Waals surface area contributed by atoms with Crippen LogP contribution in [-0.4, -0.2) is 10.9 Å². The zero-order valence-electron chi connectivity index (χ0n) is 10.3. The van der Waals surface area contributed by atoms with E-state index in [-0.39, 0.29) is 11.2 Å². The number of thiazole rings is 1. The summed E-state index contributed by atoms with van der Waals surface area (Å²) in [6.45, 7) is 1.71. The van der Waals surface area contributed by atoms with E-state index in [2.05, 4.69) is 10.3 Å². The number of benzene rings is 1. The zero-order valence-corrected chi connectivity index (χ0v) is 11.1. The van der Waals surface area contributed by atoms with Crippen molar-refractivity contribution >= 4 is 22.4 Å². The van der Waals surface area contributed by atoms with Crippen LogP contribution in [-0.2, 0) is 0 Å². The molecule has 0 spiro atoms. The molecule has 8 heteroatoms. The van der Waals surface area contributed by atoms with Crippen LogP contribution < -0.4 is 11.1 Å². The van der Waals surface area contributed by atoms with Crippen LogP contribution >= 0.6 is 11.3 Å². The molecule has 106 valence electrons. The number of nitrogens with two attached hydrogens (primary N) is 1. The van der Waals surface area contributed by atoms with E-state index < -0.39 is 28.9 Å². The van der Waals surface area contributed by atoms with Gasteiger partial charge < -0.3 is 5.73 Å². The third-order valence-corrected chi connectivity index (χ3v) is 3.22. The maximum Gasteiger partial charge on any atom is 0.263 e. The van der Waals surface area contributed by atoms with E-state index in [0.29, 0.717) is 17.8 Å². The third-order valence-electron chi connectivity index (χ3n) is 2.44. The van der Waals surface area contributed by atoms with Crippen LogP contribution in [0.15, 0.2) is 17.5 Å². The highest BCUT2D eigenvalue weighted by Gasteiger charge is 2.20. The zero-order chi connectivity index (χ0) is 14.9. The monoisotopic (exact) mass is 301 g/mol. The second-order valence-electron chi connectivity index (χ2n) is 4.06. The minimum Gasteiger partial charge on any atom is -0.323 e. The first kappa shape index (κ1) is 14.5. The van der Waals surface area contributed by atoms with Crippen molar-refractivity contribution in [1.82, 2.24) is 4.98 Å². The van der Waals surface area contributed by atoms with Crippen LogP contribution in [0.5, 0.6) is 0 Å². The van der Waals surface area contributed by atoms with Crippen molar-refractivity contribution in [2.75, 3.05) is 5.32 Å². The Morgan fingerprint density at radius 1 is 1.35 bits per heavy atom. The first-order valence-corrected chi connectivity index (χ1v) is 6.43. The summed E-state index contributed by atoms with van der Waals surface area (Å²) >= 11 is 1.07. The number of nitrogens with zero attached hydrogens (tertiary/aromatic N) is 1. The van der Waals surface area contributed by atoms with Crippen LogP contribution in [0.3, 0.4) is 0 Å². The summed E-state index contributed by atoms with van der Waals surface area (Å²) < 4.78 is 39.6. The lowest BCUT2D eigenvalue weighted by molar-refractivity contribution is 0.101. The fraction of sp³-hybridized carbons (Fsp3) is 0.167. The number of amides is 1. The Bertz CT molecular complexity index is 634. The van der Waals surface area contributed by atoms with Crippen molar-refractivity contribution in [2.45, 2.75) is 13.0 Å². The van der Waals surface area contributed by atoms with E-state index in [9.17, 15) is 18.0 Å². The van der Waals surface area contributed by atoms with E-state index in [0.717, 1.165) is 11.3 Å². The van der Waals surface area contributed by atoms with E-state index in [1.807, 2.05) is 0 Å². The van der Waals surface area contributed by atoms with Gasteiger partial charge in [-0.3, -0.25) is 10.1 Å². The van der Waals surface area contributed by atoms with Gasteiger partial charge in [0.1, 0.15) is 23.0 Å². The molecule has 2 aromatic rings. The van der Waals surface area contributed by atoms with Crippen molar-refractivity contribution in [3.63, 3.8) is 0 Å². The van der Waals surface area contributed by atoms with Crippen LogP contribution in [0.2, 0.25) is 0 Å². The van der Waals surface area contributed by atoms with Gasteiger partial charge in [0.05, 0.1) is 5.69 Å². The van der Waals surface area contributed by atoms with Gasteiger partial charge in [0.25, 0.3) is 5.91 Å². The van der Waals surface area contributed by atoms with Crippen molar-refractivity contribution in [1.29, 1.82) is 0 Å². The van der Waals surface area contributed by atoms with Crippen molar-refractivity contribution in [3.8, 4) is 0 Å². The smallest absolute Gasteiger partial charge is 0.263 e. The maximum absolute atomic E-state index is 13.4. The second-order valence-corrected chi connectivity index (χ2v) is 4.92. The van der Waals surface area contributed by atoms with E-state index >= 15 is 0 Å². The van der Waals surface area contributed by atoms with Crippen molar-refractivity contribution in [3.05, 3.63) is 46.2 Å². The Labute approximate surface area is 116 Å². The predicted molar refractivity (Wildman–Crippen MR) is 69.0 cm³/mol. The van der Waals surface area contributed by atoms with Gasteiger partial charge in [-0.1, -0.05) is 0 Å². The van der Waals surface area contributed by atoms with Crippen LogP contribution in [0.1, 0.15) is 29.0 Å². The lowest BCUT2D eigenvalue weighted by Crippen LogP contribution is -2.16. The van der Waals surface area contributed by atoms with Crippen molar-refractivity contribution < 1.29 is 18.0 Å². The molecule has 20 heavy (non-hydrogen) atoms. The summed E-state index contributed by atoms with van der Waals surface area (Å²) in [4.78, 5) is 15.8. The second kappa shape index (κ2) is 5.59. The van der Waals surface area contributed by atoms with Crippen LogP contribution in [0, 0.1) is 17.5 Å². The average molecular weight is 301 g/mol. The Kier molecular flexibility index (Phi) is 4.05. The van der Waals surface area contributed by atoms with Gasteiger partial charge in [-0.25, -0.2) is 18.2 Å². The molecule has 3 N–H and O–H groups in total. The summed E-state index contributed by atoms with van der Waals surface area (Å²) in [7, 11) is 0. The van der Waals surface area contributed by atoms with Gasteiger partial charge in [0.15, 0.2) is 5.13 Å². The Balaban J connectivity index is 2.24. The molecule has 0 bridgehead atoms. The molecule has 1 aromatic heterocycles. The predicted octanol–water partition coefficient (Wildman–Crippen LogP) is 2.83. The van der Waals surface area contributed by atoms with Gasteiger partial charge in [-0.15, -0.1) is 11.3 Å². The quantitative estimate of drug-likeness (QED) is 0.916. The fourth-order valence-corrected chi connectivity index (χ4v) is 2.28. The minimum absolute atomic E-state index is 0.158. The maximum atomic E-state index is 13.4. The third kappa shape index (κ3) is 2.97. The highest BCUT2D eigenvalue weighted by molar-refractivity contribution is 7.14. The summed E-state index contributed by atoms with van der Waals surface area (Å²) in [5.74, 6) is -4.68. The number of hydrogen-bond acceptors (Lipinski definition) is 4. The van der Waals surface area contributed by atoms with E-state index in [4.69, 9.17) is 5.73 Å². The highest BCUT2D eigenvalue weighted by atomic mass is 32.1. The minimum atomic E-state index is -1.27. The number of anilines is 1. The van der Waals surface area contributed by atoms with Gasteiger partial charge in [-0.2, -0.15) is 0 Å². The molecule has 1 unspecified atom stereocenters. The molecule has 1 amide bonds. The summed E-state index contributed by atoms with van der Waals surface area (Å²) in [6, 6.07) is 0.552. The first-order valence-electron chi connectivity index (χ1n) is 5.55. The fourth-order valence-electron chi connectivity index (χ4n) is 1.47. The molecule has 4 nitrogen and oxygen atoms in total. The molecule has 1 aromatic carbocycles. The Morgan fingerprint density at radius 3 is 2.45 bits per heavy atom. The summed E-state index contributed by atoms with van der Waals surface area (Å²) in [5.41, 5.74) is 5.29. The van der Waals surface area contributed by atoms with Crippen LogP contribution in [0.25, 0.3) is 0 Å². The van der Waals surface area contributed by atoms with Gasteiger partial charge in [0, 0.05) is 23.6 Å². The molecule has 0 aliphatic rings. The lowest BCUT2D eigenvalue weighted by atomic mass is 10.2. The molecule has 1 heterocycles. The van der Waals surface area contributed by atoms with Crippen LogP contribution in [0.4, 0.5) is 18.3 Å². The largest absolute Gasteiger partial charge is 0.323 e. The molecular formula is C12H10F3N3OS. The Hall–Kier alpha value is -1.93. The molecule has 0 aliphatic carbocycles. The standard InChI is InChI=1S/C12H10F3N3OS/c1-5(16)9-4-20-12(17-9)18-11(19)10-7(14)2-6(13)3-8(10)15/h2-5H,16H2,1H3,(H,17,18,19). The lowest BCUT2D eigenvalue weighted by Gasteiger charge is -2.05. The topological polar surface area (TPSA) is 68.0 Å². The van der Waals surface area contributed by atoms with Crippen molar-refractivity contribution in [2.24, 2.45) is 5.73 Å². The summed E-state index contributed by atoms with van der Waals surface area (Å²) in [6.07, 6.45) is 0. The molecule has 0 fully saturated rings. The molecule has 0 saturated heterocycles. The number of hydrogen-bond donors (Lipinski definition) is 2. The molecule has 2 rings (SSSR count). The molecule has 1 atom stereocenters. The average Bonchev–Trinajstić information content (AvgIpc) is 2.75. The summed E-state index contributed by atoms with van der Waals surface area (Å²) in [5, 5.41) is 4.03. The van der Waals surface area contributed by atoms with Gasteiger partial charge in [-0.05, 0) is 6.92 Å². The molecule has 0 radical (unpaired) electrons. The highest BCUT2D eigenvalue weighted by Crippen LogP contribution is 2.21. The normalized spacial score (nSPS) is 12.2. The van der Waals surface area contributed by atoms with E-state index in [1.54, 1.807) is 12.3 Å². The van der Waals surface area contributed by atoms with Gasteiger partial charge >= 0.3 is 0 Å². The number of carbonyl (C=O) groups excluding carboxylic acids is 1. The molecule has 0 aliphatic heterocycles. The number of carbonyl (C=O) groups is 1. The Morgan fingerprint density at radius 2 is 1.95 bits per heavy atom. The molecule has 0 saturated carbocycles. The number of rotatable bonds is 3. The van der Waals surface area contributed by atoms with E-state index in [1.165, 1.54) is 0 Å². The molecular weight excluding hydrogens is 291 g/mol. The van der Waals surface area contributed by atoms with Gasteiger partial charge in [0.2, 0.25) is 0 Å². The number of nitrogens with one attached hydrogen (secondary N) is 1. The number of aromatic nitrogens is 1. The number of halogens is 3.